The van der Waals surface area contributed by atoms with Crippen molar-refractivity contribution in [2.75, 3.05) is 45.0 Å². The molecular weight excluding hydrogens is 761 g/mol. The number of aryl methyl sites for hydroxylation is 6. The molecule has 0 aliphatic carbocycles. The molecule has 2 aromatic heterocycles. The summed E-state index contributed by atoms with van der Waals surface area (Å²) in [6, 6.07) is 21.0. The highest BCUT2D eigenvalue weighted by molar-refractivity contribution is 5.97. The van der Waals surface area contributed by atoms with E-state index in [0.717, 1.165) is 47.4 Å². The molecule has 346 valence electrons. The summed E-state index contributed by atoms with van der Waals surface area (Å²) in [7, 11) is 9.47. The monoisotopic (exact) mass is 851 g/mol. The van der Waals surface area contributed by atoms with E-state index >= 15 is 0 Å². The molecule has 0 radical (unpaired) electrons. The van der Waals surface area contributed by atoms with Gasteiger partial charge in [0.05, 0.1) is 11.0 Å². The first kappa shape index (κ1) is 61.4. The van der Waals surface area contributed by atoms with E-state index in [2.05, 4.69) is 139 Å². The van der Waals surface area contributed by atoms with Crippen LogP contribution in [0.4, 0.5) is 11.6 Å². The number of aromatic nitrogens is 4. The smallest absolute Gasteiger partial charge is 0.140 e. The van der Waals surface area contributed by atoms with E-state index in [1.807, 2.05) is 95.5 Å². The molecule has 8 nitrogen and oxygen atoms in total. The van der Waals surface area contributed by atoms with Crippen molar-refractivity contribution < 1.29 is 0 Å². The third kappa shape index (κ3) is 16.4. The van der Waals surface area contributed by atoms with Crippen molar-refractivity contribution in [3.63, 3.8) is 0 Å². The van der Waals surface area contributed by atoms with Crippen molar-refractivity contribution in [1.29, 1.82) is 0 Å². The fourth-order valence-electron chi connectivity index (χ4n) is 6.62. The number of anilines is 2. The summed E-state index contributed by atoms with van der Waals surface area (Å²) in [5, 5.41) is 5.11. The quantitative estimate of drug-likeness (QED) is 0.171. The Kier molecular flexibility index (Phi) is 32.4. The maximum Gasteiger partial charge on any atom is 0.140 e. The molecule has 0 saturated carbocycles. The molecule has 0 amide bonds. The second-order valence-corrected chi connectivity index (χ2v) is 13.8. The zero-order valence-electron chi connectivity index (χ0n) is 42.9. The van der Waals surface area contributed by atoms with Crippen LogP contribution in [0.5, 0.6) is 0 Å². The van der Waals surface area contributed by atoms with Gasteiger partial charge in [-0.15, -0.1) is 0 Å². The standard InChI is InChI=1S/2C21H25N3.C2H7N.4C2H6.CH5N.CH4/c2*1-13-14(2)16(4)20-19(15(13)3)21(23-17(5)22-20)24(6)12-18-10-8-7-9-11-18;1-3-2;5*1-2;/h2*7-11H,12H2,1-6H3;3H,1-2H3;4*1-2H3;2H2,1H3;1H4. The number of nitrogens with two attached hydrogens (primary N) is 1. The van der Waals surface area contributed by atoms with Gasteiger partial charge in [0, 0.05) is 38.0 Å². The van der Waals surface area contributed by atoms with Crippen LogP contribution in [0.1, 0.15) is 130 Å². The predicted molar refractivity (Wildman–Crippen MR) is 281 cm³/mol. The zero-order chi connectivity index (χ0) is 47.6. The van der Waals surface area contributed by atoms with Gasteiger partial charge >= 0.3 is 0 Å². The van der Waals surface area contributed by atoms with Crippen LogP contribution in [0.2, 0.25) is 0 Å². The molecule has 2 heterocycles. The maximum atomic E-state index is 4.78. The SMILES string of the molecule is C.CC.CC.CC.CC.CN.CNC.Cc1nc(N(C)Cc2ccccc2)c2c(C)c(C)c(C)c(C)c2n1.Cc1nc(N(C)Cc2ccccc2)c2c(C)c(C)c(C)c(C)c2n1. The predicted octanol–water partition coefficient (Wildman–Crippen LogP) is 13.8. The number of benzene rings is 4. The fraction of sp³-hybridized carbons (Fsp3) is 0.481. The molecule has 4 aromatic carbocycles. The van der Waals surface area contributed by atoms with Crippen molar-refractivity contribution in [1.82, 2.24) is 25.3 Å². The zero-order valence-corrected chi connectivity index (χ0v) is 42.9. The average molecular weight is 851 g/mol. The second kappa shape index (κ2) is 32.7. The summed E-state index contributed by atoms with van der Waals surface area (Å²) in [5.41, 5.74) is 19.6. The summed E-state index contributed by atoms with van der Waals surface area (Å²) in [4.78, 5) is 23.5. The molecule has 0 unspecified atom stereocenters. The molecule has 0 aliphatic heterocycles. The van der Waals surface area contributed by atoms with Gasteiger partial charge in [-0.05, 0) is 146 Å². The van der Waals surface area contributed by atoms with Gasteiger partial charge in [-0.25, -0.2) is 19.9 Å². The Morgan fingerprint density at radius 2 is 0.661 bits per heavy atom. The largest absolute Gasteiger partial charge is 0.355 e. The highest BCUT2D eigenvalue weighted by atomic mass is 15.2. The molecule has 0 bridgehead atoms. The van der Waals surface area contributed by atoms with Crippen molar-refractivity contribution >= 4 is 33.4 Å². The molecule has 0 aliphatic rings. The normalized spacial score (nSPS) is 9.35. The minimum absolute atomic E-state index is 0. The lowest BCUT2D eigenvalue weighted by Gasteiger charge is -2.23. The van der Waals surface area contributed by atoms with E-state index in [1.54, 1.807) is 0 Å². The third-order valence-electron chi connectivity index (χ3n) is 10.1. The maximum absolute atomic E-state index is 4.78. The minimum atomic E-state index is 0. The highest BCUT2D eigenvalue weighted by Gasteiger charge is 2.19. The molecule has 0 atom stereocenters. The van der Waals surface area contributed by atoms with Gasteiger partial charge in [0.15, 0.2) is 0 Å². The lowest BCUT2D eigenvalue weighted by molar-refractivity contribution is 0.889. The van der Waals surface area contributed by atoms with Crippen LogP contribution >= 0.6 is 0 Å². The van der Waals surface area contributed by atoms with Crippen LogP contribution < -0.4 is 20.9 Å². The first-order valence-corrected chi connectivity index (χ1v) is 22.4. The number of hydrogen-bond donors (Lipinski definition) is 2. The number of fused-ring (bicyclic) bond motifs is 2. The van der Waals surface area contributed by atoms with E-state index in [-0.39, 0.29) is 7.43 Å². The van der Waals surface area contributed by atoms with Gasteiger partial charge in [-0.2, -0.15) is 0 Å². The summed E-state index contributed by atoms with van der Waals surface area (Å²) in [6.45, 7) is 39.1. The van der Waals surface area contributed by atoms with Gasteiger partial charge in [-0.3, -0.25) is 0 Å². The molecule has 6 aromatic rings. The fourth-order valence-corrected chi connectivity index (χ4v) is 6.62. The third-order valence-corrected chi connectivity index (χ3v) is 10.1. The Morgan fingerprint density at radius 1 is 0.419 bits per heavy atom. The molecule has 0 spiro atoms. The summed E-state index contributed by atoms with van der Waals surface area (Å²) in [5.74, 6) is 3.68. The van der Waals surface area contributed by atoms with Crippen LogP contribution in [0.25, 0.3) is 21.8 Å². The van der Waals surface area contributed by atoms with Crippen molar-refractivity contribution in [2.45, 2.75) is 145 Å². The van der Waals surface area contributed by atoms with Crippen LogP contribution in [0.15, 0.2) is 60.7 Å². The molecule has 6 rings (SSSR count). The highest BCUT2D eigenvalue weighted by Crippen LogP contribution is 2.35. The Hall–Kier alpha value is -4.92. The Labute approximate surface area is 381 Å². The van der Waals surface area contributed by atoms with Crippen LogP contribution in [-0.4, -0.2) is 55.2 Å². The summed E-state index contributed by atoms with van der Waals surface area (Å²) in [6.07, 6.45) is 0. The lowest BCUT2D eigenvalue weighted by Crippen LogP contribution is -2.19. The van der Waals surface area contributed by atoms with Crippen molar-refractivity contribution in [3.05, 3.63) is 128 Å². The Morgan fingerprint density at radius 3 is 0.919 bits per heavy atom. The Bertz CT molecular complexity index is 1980. The van der Waals surface area contributed by atoms with E-state index in [9.17, 15) is 0 Å². The molecule has 8 heteroatoms. The molecular formula is C54H90N8. The van der Waals surface area contributed by atoms with Gasteiger partial charge in [-0.1, -0.05) is 123 Å². The number of nitrogens with one attached hydrogen (secondary N) is 1. The van der Waals surface area contributed by atoms with Gasteiger partial charge < -0.3 is 20.9 Å². The lowest BCUT2D eigenvalue weighted by atomic mass is 9.94. The van der Waals surface area contributed by atoms with Crippen LogP contribution in [-0.2, 0) is 13.1 Å². The number of rotatable bonds is 6. The van der Waals surface area contributed by atoms with Crippen LogP contribution in [0, 0.1) is 69.2 Å². The topological polar surface area (TPSA) is 96.1 Å². The first-order chi connectivity index (χ1) is 29.2. The van der Waals surface area contributed by atoms with E-state index in [1.165, 1.54) is 73.5 Å². The Balaban J connectivity index is -0.000000877. The van der Waals surface area contributed by atoms with Crippen LogP contribution in [0.3, 0.4) is 0 Å². The van der Waals surface area contributed by atoms with Crippen molar-refractivity contribution in [3.8, 4) is 0 Å². The number of nitrogens with zero attached hydrogens (tertiary/aromatic N) is 6. The molecule has 3 N–H and O–H groups in total. The summed E-state index contributed by atoms with van der Waals surface area (Å²) >= 11 is 0. The molecule has 62 heavy (non-hydrogen) atoms. The van der Waals surface area contributed by atoms with E-state index in [0.29, 0.717) is 0 Å². The summed E-state index contributed by atoms with van der Waals surface area (Å²) < 4.78 is 0. The van der Waals surface area contributed by atoms with Gasteiger partial charge in [0.2, 0.25) is 0 Å². The van der Waals surface area contributed by atoms with E-state index in [4.69, 9.17) is 19.9 Å². The molecule has 0 fully saturated rings. The van der Waals surface area contributed by atoms with Gasteiger partial charge in [0.25, 0.3) is 0 Å². The number of hydrogen-bond acceptors (Lipinski definition) is 8. The minimum Gasteiger partial charge on any atom is -0.355 e. The second-order valence-electron chi connectivity index (χ2n) is 13.8. The van der Waals surface area contributed by atoms with E-state index < -0.39 is 0 Å². The first-order valence-electron chi connectivity index (χ1n) is 22.4. The molecule has 0 saturated heterocycles. The van der Waals surface area contributed by atoms with Crippen molar-refractivity contribution in [2.24, 2.45) is 5.73 Å². The van der Waals surface area contributed by atoms with Gasteiger partial charge in [0.1, 0.15) is 23.3 Å². The average Bonchev–Trinajstić information content (AvgIpc) is 3.30.